The van der Waals surface area contributed by atoms with Crippen LogP contribution in [0.1, 0.15) is 22.8 Å². The molecular weight excluding hydrogens is 280 g/mol. The Bertz CT molecular complexity index is 754. The smallest absolute Gasteiger partial charge is 0.162 e. The summed E-state index contributed by atoms with van der Waals surface area (Å²) < 4.78 is 0. The van der Waals surface area contributed by atoms with Crippen molar-refractivity contribution in [2.75, 3.05) is 11.5 Å². The van der Waals surface area contributed by atoms with Crippen molar-refractivity contribution in [1.82, 2.24) is 0 Å². The lowest BCUT2D eigenvalue weighted by Gasteiger charge is -2.04. The minimum Gasteiger partial charge on any atom is -0.399 e. The van der Waals surface area contributed by atoms with Crippen molar-refractivity contribution in [3.05, 3.63) is 47.5 Å². The van der Waals surface area contributed by atoms with Gasteiger partial charge in [-0.2, -0.15) is 5.11 Å². The first-order valence-electron chi connectivity index (χ1n) is 6.65. The lowest BCUT2D eigenvalue weighted by Crippen LogP contribution is -1.95. The van der Waals surface area contributed by atoms with E-state index in [0.717, 1.165) is 6.29 Å². The van der Waals surface area contributed by atoms with Gasteiger partial charge in [0.1, 0.15) is 6.29 Å². The van der Waals surface area contributed by atoms with Crippen molar-refractivity contribution in [1.29, 1.82) is 0 Å². The van der Waals surface area contributed by atoms with Crippen molar-refractivity contribution >= 4 is 34.8 Å². The molecule has 0 saturated heterocycles. The highest BCUT2D eigenvalue weighted by molar-refractivity contribution is 5.99. The van der Waals surface area contributed by atoms with Gasteiger partial charge in [0.2, 0.25) is 0 Å². The number of hydrogen-bond acceptors (Lipinski definition) is 6. The summed E-state index contributed by atoms with van der Waals surface area (Å²) in [5, 5.41) is 8.23. The summed E-state index contributed by atoms with van der Waals surface area (Å²) in [5.41, 5.74) is 14.4. The number of benzene rings is 2. The molecule has 22 heavy (non-hydrogen) atoms. The molecule has 4 N–H and O–H groups in total. The number of nitrogen functional groups attached to an aromatic ring is 2. The number of nitrogens with two attached hydrogens (primary N) is 2. The third-order valence-electron chi connectivity index (χ3n) is 3.07. The first kappa shape index (κ1) is 15.4. The highest BCUT2D eigenvalue weighted by Crippen LogP contribution is 2.27. The number of anilines is 2. The summed E-state index contributed by atoms with van der Waals surface area (Å²) in [7, 11) is 0. The molecule has 0 aromatic heterocycles. The van der Waals surface area contributed by atoms with Gasteiger partial charge >= 0.3 is 0 Å². The summed E-state index contributed by atoms with van der Waals surface area (Å²) >= 11 is 0. The molecule has 6 nitrogen and oxygen atoms in total. The van der Waals surface area contributed by atoms with Gasteiger partial charge < -0.3 is 16.3 Å². The number of carbonyl (C=O) groups is 2. The maximum atomic E-state index is 11.6. The van der Waals surface area contributed by atoms with E-state index in [4.69, 9.17) is 11.5 Å². The topological polar surface area (TPSA) is 111 Å². The number of rotatable bonds is 5. The fourth-order valence-corrected chi connectivity index (χ4v) is 1.99. The normalized spacial score (nSPS) is 10.8. The summed E-state index contributed by atoms with van der Waals surface area (Å²) in [4.78, 5) is 22.3. The van der Waals surface area contributed by atoms with Crippen LogP contribution in [0, 0.1) is 0 Å². The highest BCUT2D eigenvalue weighted by Gasteiger charge is 2.08. The molecule has 0 atom stereocenters. The molecule has 2 rings (SSSR count). The van der Waals surface area contributed by atoms with Crippen LogP contribution in [-0.2, 0) is 11.2 Å². The molecule has 0 aliphatic rings. The second-order valence-electron chi connectivity index (χ2n) is 4.79. The Morgan fingerprint density at radius 2 is 1.64 bits per heavy atom. The van der Waals surface area contributed by atoms with Crippen LogP contribution in [0.25, 0.3) is 0 Å². The van der Waals surface area contributed by atoms with Gasteiger partial charge in [-0.1, -0.05) is 0 Å². The van der Waals surface area contributed by atoms with Crippen molar-refractivity contribution in [2.45, 2.75) is 13.3 Å². The number of azo groups is 1. The van der Waals surface area contributed by atoms with Crippen LogP contribution < -0.4 is 11.5 Å². The molecule has 0 spiro atoms. The fourth-order valence-electron chi connectivity index (χ4n) is 1.99. The molecule has 0 aliphatic heterocycles. The molecule has 0 fully saturated rings. The van der Waals surface area contributed by atoms with Gasteiger partial charge in [0.05, 0.1) is 11.4 Å². The van der Waals surface area contributed by atoms with Crippen molar-refractivity contribution in [3.63, 3.8) is 0 Å². The third kappa shape index (κ3) is 3.54. The van der Waals surface area contributed by atoms with E-state index >= 15 is 0 Å². The lowest BCUT2D eigenvalue weighted by atomic mass is 10.1. The average Bonchev–Trinajstić information content (AvgIpc) is 2.47. The van der Waals surface area contributed by atoms with Gasteiger partial charge in [0.15, 0.2) is 5.78 Å². The molecule has 0 radical (unpaired) electrons. The van der Waals surface area contributed by atoms with E-state index in [0.29, 0.717) is 33.9 Å². The van der Waals surface area contributed by atoms with E-state index in [1.54, 1.807) is 36.4 Å². The van der Waals surface area contributed by atoms with Crippen LogP contribution in [0.5, 0.6) is 0 Å². The Morgan fingerprint density at radius 1 is 1.05 bits per heavy atom. The maximum absolute atomic E-state index is 11.6. The van der Waals surface area contributed by atoms with Gasteiger partial charge in [0, 0.05) is 23.4 Å². The average molecular weight is 296 g/mol. The first-order valence-corrected chi connectivity index (χ1v) is 6.65. The Morgan fingerprint density at radius 3 is 2.27 bits per heavy atom. The predicted molar refractivity (Wildman–Crippen MR) is 85.7 cm³/mol. The molecule has 0 bridgehead atoms. The first-order chi connectivity index (χ1) is 10.5. The van der Waals surface area contributed by atoms with Crippen LogP contribution in [0.15, 0.2) is 46.6 Å². The maximum Gasteiger partial charge on any atom is 0.162 e. The zero-order valence-corrected chi connectivity index (χ0v) is 12.1. The number of carbonyl (C=O) groups excluding carboxylic acids is 2. The zero-order chi connectivity index (χ0) is 16.1. The molecule has 0 heterocycles. The van der Waals surface area contributed by atoms with Crippen molar-refractivity contribution in [3.8, 4) is 0 Å². The number of ketones is 1. The monoisotopic (exact) mass is 296 g/mol. The van der Waals surface area contributed by atoms with Crippen LogP contribution in [0.2, 0.25) is 0 Å². The van der Waals surface area contributed by atoms with Crippen LogP contribution in [0.3, 0.4) is 0 Å². The Hall–Kier alpha value is -3.02. The van der Waals surface area contributed by atoms with Gasteiger partial charge in [-0.25, -0.2) is 0 Å². The summed E-state index contributed by atoms with van der Waals surface area (Å²) in [6.45, 7) is 1.44. The Labute approximate surface area is 127 Å². The summed E-state index contributed by atoms with van der Waals surface area (Å²) in [5.74, 6) is -0.147. The summed E-state index contributed by atoms with van der Waals surface area (Å²) in [6.07, 6.45) is 0.971. The van der Waals surface area contributed by atoms with Crippen LogP contribution >= 0.6 is 0 Å². The molecule has 2 aromatic rings. The highest BCUT2D eigenvalue weighted by atomic mass is 16.1. The summed E-state index contributed by atoms with van der Waals surface area (Å²) in [6, 6.07) is 9.88. The minimum atomic E-state index is -0.147. The van der Waals surface area contributed by atoms with Gasteiger partial charge in [-0.05, 0) is 48.9 Å². The Balaban J connectivity index is 2.41. The fraction of sp³-hybridized carbons (Fsp3) is 0.125. The second-order valence-corrected chi connectivity index (χ2v) is 4.79. The largest absolute Gasteiger partial charge is 0.399 e. The van der Waals surface area contributed by atoms with Crippen LogP contribution in [0.4, 0.5) is 22.7 Å². The predicted octanol–water partition coefficient (Wildman–Crippen LogP) is 3.21. The molecule has 0 amide bonds. The zero-order valence-electron chi connectivity index (χ0n) is 12.1. The van der Waals surface area contributed by atoms with E-state index < -0.39 is 0 Å². The quantitative estimate of drug-likeness (QED) is 0.382. The van der Waals surface area contributed by atoms with Crippen molar-refractivity contribution < 1.29 is 9.59 Å². The van der Waals surface area contributed by atoms with Crippen molar-refractivity contribution in [2.24, 2.45) is 10.2 Å². The van der Waals surface area contributed by atoms with E-state index in [1.807, 2.05) is 0 Å². The Kier molecular flexibility index (Phi) is 4.63. The van der Waals surface area contributed by atoms with Gasteiger partial charge in [-0.3, -0.25) is 4.79 Å². The molecule has 112 valence electrons. The van der Waals surface area contributed by atoms with E-state index in [9.17, 15) is 9.59 Å². The number of Topliss-reactive ketones (excluding diaryl/α,β-unsaturated/α-hetero) is 1. The van der Waals surface area contributed by atoms with E-state index in [-0.39, 0.29) is 12.2 Å². The lowest BCUT2D eigenvalue weighted by molar-refractivity contribution is -0.107. The molecule has 2 aromatic carbocycles. The second kappa shape index (κ2) is 6.62. The number of nitrogens with zero attached hydrogens (tertiary/aromatic N) is 2. The third-order valence-corrected chi connectivity index (χ3v) is 3.07. The molecule has 0 saturated carbocycles. The molecular formula is C16H16N4O2. The van der Waals surface area contributed by atoms with Gasteiger partial charge in [-0.15, -0.1) is 5.11 Å². The number of aldehydes is 1. The SMILES string of the molecule is CC(=O)c1cc(N)ccc1N=Nc1ccc(N)cc1CC=O. The molecule has 0 unspecified atom stereocenters. The van der Waals surface area contributed by atoms with Crippen LogP contribution in [-0.4, -0.2) is 12.1 Å². The standard InChI is InChI=1S/C16H16N4O2/c1-10(22)14-9-13(18)3-5-16(14)20-19-15-4-2-12(17)8-11(15)6-7-21/h2-5,7-9H,6,17-18H2,1H3. The van der Waals surface area contributed by atoms with Gasteiger partial charge in [0.25, 0.3) is 0 Å². The molecule has 6 heteroatoms. The molecule has 0 aliphatic carbocycles. The van der Waals surface area contributed by atoms with E-state index in [2.05, 4.69) is 10.2 Å². The number of hydrogen-bond donors (Lipinski definition) is 2. The minimum absolute atomic E-state index is 0.147. The van der Waals surface area contributed by atoms with E-state index in [1.165, 1.54) is 6.92 Å².